The van der Waals surface area contributed by atoms with Crippen LogP contribution in [0.4, 0.5) is 0 Å². The van der Waals surface area contributed by atoms with Crippen LogP contribution in [0.15, 0.2) is 18.2 Å². The summed E-state index contributed by atoms with van der Waals surface area (Å²) in [5, 5.41) is 11.8. The van der Waals surface area contributed by atoms with Crippen LogP contribution in [0.1, 0.15) is 32.3 Å². The number of carbonyl (C=O) groups excluding carboxylic acids is 1. The first-order valence-electron chi connectivity index (χ1n) is 8.41. The van der Waals surface area contributed by atoms with E-state index < -0.39 is 12.0 Å². The number of ether oxygens (including phenoxy) is 2. The van der Waals surface area contributed by atoms with E-state index in [-0.39, 0.29) is 12.3 Å². The number of carboxylic acids is 1. The Balaban J connectivity index is 2.55. The van der Waals surface area contributed by atoms with Gasteiger partial charge in [0.15, 0.2) is 11.5 Å². The number of aliphatic carboxylic acids is 1. The highest BCUT2D eigenvalue weighted by atomic mass is 32.2. The van der Waals surface area contributed by atoms with E-state index in [1.54, 1.807) is 18.9 Å². The van der Waals surface area contributed by atoms with Gasteiger partial charge in [-0.15, -0.1) is 0 Å². The number of hydrogen-bond donors (Lipinski definition) is 2. The number of rotatable bonds is 12. The molecule has 1 atom stereocenters. The van der Waals surface area contributed by atoms with E-state index in [0.29, 0.717) is 36.7 Å². The van der Waals surface area contributed by atoms with Crippen LogP contribution in [0.2, 0.25) is 0 Å². The molecular formula is C18H27NO5S. The summed E-state index contributed by atoms with van der Waals surface area (Å²) in [5.41, 5.74) is 0.934. The smallest absolute Gasteiger partial charge is 0.326 e. The molecule has 0 saturated heterocycles. The monoisotopic (exact) mass is 369 g/mol. The van der Waals surface area contributed by atoms with Gasteiger partial charge in [-0.3, -0.25) is 4.79 Å². The molecule has 1 amide bonds. The Morgan fingerprint density at radius 3 is 2.64 bits per heavy atom. The number of methoxy groups -OCH3 is 1. The molecule has 0 aliphatic carbocycles. The summed E-state index contributed by atoms with van der Waals surface area (Å²) in [5.74, 6) is 1.68. The molecule has 7 heteroatoms. The van der Waals surface area contributed by atoms with Crippen molar-refractivity contribution in [1.82, 2.24) is 5.32 Å². The highest BCUT2D eigenvalue weighted by molar-refractivity contribution is 7.99. The standard InChI is InChI=1S/C18H27NO5S/c1-4-24-15-8-6-13(12-16(15)23-3)7-9-17(20)19-14(18(21)22)10-11-25-5-2/h6,8,12,14H,4-5,7,9-11H2,1-3H3,(H,19,20)(H,21,22). The molecule has 0 radical (unpaired) electrons. The summed E-state index contributed by atoms with van der Waals surface area (Å²) in [6.07, 6.45) is 1.16. The predicted octanol–water partition coefficient (Wildman–Crippen LogP) is 2.74. The van der Waals surface area contributed by atoms with E-state index in [1.165, 1.54) is 0 Å². The van der Waals surface area contributed by atoms with E-state index in [2.05, 4.69) is 5.32 Å². The molecule has 25 heavy (non-hydrogen) atoms. The zero-order chi connectivity index (χ0) is 18.7. The van der Waals surface area contributed by atoms with Crippen molar-refractivity contribution in [3.63, 3.8) is 0 Å². The van der Waals surface area contributed by atoms with E-state index in [0.717, 1.165) is 11.3 Å². The fourth-order valence-electron chi connectivity index (χ4n) is 2.27. The van der Waals surface area contributed by atoms with Crippen LogP contribution in [-0.4, -0.2) is 48.2 Å². The zero-order valence-electron chi connectivity index (χ0n) is 15.0. The van der Waals surface area contributed by atoms with Gasteiger partial charge in [-0.1, -0.05) is 13.0 Å². The average molecular weight is 369 g/mol. The van der Waals surface area contributed by atoms with Crippen molar-refractivity contribution in [3.05, 3.63) is 23.8 Å². The van der Waals surface area contributed by atoms with Gasteiger partial charge in [0.05, 0.1) is 13.7 Å². The van der Waals surface area contributed by atoms with Crippen molar-refractivity contribution in [2.45, 2.75) is 39.2 Å². The summed E-state index contributed by atoms with van der Waals surface area (Å²) in [4.78, 5) is 23.3. The maximum absolute atomic E-state index is 12.1. The highest BCUT2D eigenvalue weighted by Gasteiger charge is 2.19. The lowest BCUT2D eigenvalue weighted by molar-refractivity contribution is -0.141. The van der Waals surface area contributed by atoms with Gasteiger partial charge in [0.2, 0.25) is 5.91 Å². The lowest BCUT2D eigenvalue weighted by atomic mass is 10.1. The molecule has 140 valence electrons. The van der Waals surface area contributed by atoms with Crippen LogP contribution < -0.4 is 14.8 Å². The molecule has 1 unspecified atom stereocenters. The molecule has 6 nitrogen and oxygen atoms in total. The number of amides is 1. The van der Waals surface area contributed by atoms with Crippen LogP contribution in [0.3, 0.4) is 0 Å². The van der Waals surface area contributed by atoms with Crippen LogP contribution in [-0.2, 0) is 16.0 Å². The van der Waals surface area contributed by atoms with Gasteiger partial charge in [-0.05, 0) is 49.0 Å². The lowest BCUT2D eigenvalue weighted by Crippen LogP contribution is -2.41. The van der Waals surface area contributed by atoms with Crippen molar-refractivity contribution in [2.75, 3.05) is 25.2 Å². The van der Waals surface area contributed by atoms with Crippen LogP contribution in [0.25, 0.3) is 0 Å². The number of aryl methyl sites for hydroxylation is 1. The Kier molecular flexibility index (Phi) is 9.84. The number of carbonyl (C=O) groups is 2. The van der Waals surface area contributed by atoms with E-state index in [9.17, 15) is 14.7 Å². The minimum atomic E-state index is -0.993. The third-order valence-corrected chi connectivity index (χ3v) is 4.49. The Morgan fingerprint density at radius 2 is 2.04 bits per heavy atom. The fourth-order valence-corrected chi connectivity index (χ4v) is 2.96. The van der Waals surface area contributed by atoms with Crippen LogP contribution >= 0.6 is 11.8 Å². The fraction of sp³-hybridized carbons (Fsp3) is 0.556. The van der Waals surface area contributed by atoms with Crippen molar-refractivity contribution in [1.29, 1.82) is 0 Å². The first kappa shape index (κ1) is 21.2. The largest absolute Gasteiger partial charge is 0.493 e. The molecule has 0 aliphatic heterocycles. The first-order chi connectivity index (χ1) is 12.0. The maximum atomic E-state index is 12.1. The Hall–Kier alpha value is -1.89. The second-order valence-electron chi connectivity index (χ2n) is 5.36. The Morgan fingerprint density at radius 1 is 1.28 bits per heavy atom. The number of thioether (sulfide) groups is 1. The van der Waals surface area contributed by atoms with Crippen molar-refractivity contribution in [2.24, 2.45) is 0 Å². The zero-order valence-corrected chi connectivity index (χ0v) is 15.9. The second kappa shape index (κ2) is 11.6. The quantitative estimate of drug-likeness (QED) is 0.551. The molecule has 0 saturated carbocycles. The molecule has 1 rings (SSSR count). The van der Waals surface area contributed by atoms with Gasteiger partial charge < -0.3 is 19.9 Å². The average Bonchev–Trinajstić information content (AvgIpc) is 2.60. The number of nitrogens with one attached hydrogen (secondary N) is 1. The van der Waals surface area contributed by atoms with Crippen molar-refractivity contribution in [3.8, 4) is 11.5 Å². The molecule has 0 aliphatic rings. The first-order valence-corrected chi connectivity index (χ1v) is 9.56. The number of hydrogen-bond acceptors (Lipinski definition) is 5. The second-order valence-corrected chi connectivity index (χ2v) is 6.76. The predicted molar refractivity (Wildman–Crippen MR) is 99.7 cm³/mol. The van der Waals surface area contributed by atoms with E-state index in [4.69, 9.17) is 9.47 Å². The number of carboxylic acid groups (broad SMARTS) is 1. The molecule has 0 heterocycles. The molecule has 2 N–H and O–H groups in total. The van der Waals surface area contributed by atoms with Gasteiger partial charge in [0.25, 0.3) is 0 Å². The molecule has 1 aromatic carbocycles. The van der Waals surface area contributed by atoms with Crippen LogP contribution in [0, 0.1) is 0 Å². The summed E-state index contributed by atoms with van der Waals surface area (Å²) in [7, 11) is 1.57. The van der Waals surface area contributed by atoms with Crippen molar-refractivity contribution < 1.29 is 24.2 Å². The topological polar surface area (TPSA) is 84.9 Å². The van der Waals surface area contributed by atoms with Gasteiger partial charge in [0, 0.05) is 6.42 Å². The molecule has 0 fully saturated rings. The van der Waals surface area contributed by atoms with Gasteiger partial charge >= 0.3 is 5.97 Å². The SMILES string of the molecule is CCOc1ccc(CCC(=O)NC(CCSCC)C(=O)O)cc1OC. The van der Waals surface area contributed by atoms with E-state index in [1.807, 2.05) is 32.0 Å². The molecule has 1 aromatic rings. The molecule has 0 bridgehead atoms. The van der Waals surface area contributed by atoms with E-state index >= 15 is 0 Å². The van der Waals surface area contributed by atoms with Gasteiger partial charge in [-0.25, -0.2) is 4.79 Å². The molecule has 0 aromatic heterocycles. The summed E-state index contributed by atoms with van der Waals surface area (Å²) in [6, 6.07) is 4.71. The third kappa shape index (κ3) is 7.69. The summed E-state index contributed by atoms with van der Waals surface area (Å²) in [6.45, 7) is 4.46. The lowest BCUT2D eigenvalue weighted by Gasteiger charge is -2.14. The molecule has 0 spiro atoms. The normalized spacial score (nSPS) is 11.6. The third-order valence-electron chi connectivity index (χ3n) is 3.56. The Labute approximate surface area is 153 Å². The minimum absolute atomic E-state index is 0.224. The Bertz CT molecular complexity index is 564. The summed E-state index contributed by atoms with van der Waals surface area (Å²) < 4.78 is 10.8. The number of benzene rings is 1. The van der Waals surface area contributed by atoms with Crippen LogP contribution in [0.5, 0.6) is 11.5 Å². The highest BCUT2D eigenvalue weighted by Crippen LogP contribution is 2.28. The minimum Gasteiger partial charge on any atom is -0.493 e. The van der Waals surface area contributed by atoms with Gasteiger partial charge in [0.1, 0.15) is 6.04 Å². The van der Waals surface area contributed by atoms with Gasteiger partial charge in [-0.2, -0.15) is 11.8 Å². The van der Waals surface area contributed by atoms with Crippen molar-refractivity contribution >= 4 is 23.6 Å². The molecular weight excluding hydrogens is 342 g/mol. The summed E-state index contributed by atoms with van der Waals surface area (Å²) >= 11 is 1.66. The maximum Gasteiger partial charge on any atom is 0.326 e.